The van der Waals surface area contributed by atoms with E-state index in [1.165, 1.54) is 4.88 Å². The normalized spacial score (nSPS) is 14.9. The number of nitrogens with zero attached hydrogens (tertiary/aromatic N) is 3. The summed E-state index contributed by atoms with van der Waals surface area (Å²) in [6.45, 7) is 8.90. The van der Waals surface area contributed by atoms with Gasteiger partial charge in [-0.05, 0) is 54.8 Å². The Morgan fingerprint density at radius 2 is 1.86 bits per heavy atom. The van der Waals surface area contributed by atoms with E-state index in [2.05, 4.69) is 35.9 Å². The summed E-state index contributed by atoms with van der Waals surface area (Å²) in [4.78, 5) is 45.5. The summed E-state index contributed by atoms with van der Waals surface area (Å²) in [7, 11) is 0. The van der Waals surface area contributed by atoms with E-state index < -0.39 is 17.8 Å². The molecule has 2 aromatic heterocycles. The maximum absolute atomic E-state index is 13.4. The number of carboxylic acids is 1. The molecule has 7 nitrogen and oxygen atoms in total. The molecule has 8 heteroatoms. The Bertz CT molecular complexity index is 1250. The first-order chi connectivity index (χ1) is 17.7. The first kappa shape index (κ1) is 27.0. The molecule has 1 aromatic carbocycles. The van der Waals surface area contributed by atoms with Crippen molar-refractivity contribution in [3.8, 4) is 0 Å². The van der Waals surface area contributed by atoms with E-state index in [0.717, 1.165) is 36.1 Å². The highest BCUT2D eigenvalue weighted by Gasteiger charge is 2.39. The van der Waals surface area contributed by atoms with E-state index >= 15 is 0 Å². The highest BCUT2D eigenvalue weighted by atomic mass is 32.1. The zero-order valence-corrected chi connectivity index (χ0v) is 23.0. The van der Waals surface area contributed by atoms with Gasteiger partial charge in [-0.1, -0.05) is 33.8 Å². The van der Waals surface area contributed by atoms with Crippen LogP contribution in [0, 0.1) is 17.8 Å². The molecule has 198 valence electrons. The SMILES string of the molecule is CCC(CC)n1c(Cc2cccs2)nc2cc(C(=O)C[C@@H](CC(C)C)C(=O)N3CC(C(=O)O)C3)ccc21. The first-order valence-corrected chi connectivity index (χ1v) is 14.2. The number of likely N-dealkylation sites (tertiary alicyclic amines) is 1. The molecule has 0 bridgehead atoms. The van der Waals surface area contributed by atoms with Crippen LogP contribution in [0.2, 0.25) is 0 Å². The molecule has 0 saturated carbocycles. The lowest BCUT2D eigenvalue weighted by Crippen LogP contribution is -2.55. The summed E-state index contributed by atoms with van der Waals surface area (Å²) in [6.07, 6.45) is 3.46. The molecule has 1 aliphatic rings. The number of carbonyl (C=O) groups excluding carboxylic acids is 2. The molecule has 3 heterocycles. The molecular weight excluding hydrogens is 486 g/mol. The molecule has 1 amide bonds. The van der Waals surface area contributed by atoms with Gasteiger partial charge in [-0.15, -0.1) is 11.3 Å². The highest BCUT2D eigenvalue weighted by Crippen LogP contribution is 2.30. The van der Waals surface area contributed by atoms with Gasteiger partial charge in [0.2, 0.25) is 5.91 Å². The van der Waals surface area contributed by atoms with E-state index in [4.69, 9.17) is 10.1 Å². The third-order valence-electron chi connectivity index (χ3n) is 7.38. The first-order valence-electron chi connectivity index (χ1n) is 13.3. The van der Waals surface area contributed by atoms with Crippen LogP contribution in [0.25, 0.3) is 11.0 Å². The third-order valence-corrected chi connectivity index (χ3v) is 8.26. The Hall–Kier alpha value is -3.00. The molecule has 1 atom stereocenters. The van der Waals surface area contributed by atoms with Crippen LogP contribution in [0.4, 0.5) is 0 Å². The topological polar surface area (TPSA) is 92.5 Å². The molecule has 0 aliphatic carbocycles. The second kappa shape index (κ2) is 11.6. The Labute approximate surface area is 222 Å². The number of hydrogen-bond acceptors (Lipinski definition) is 5. The number of hydrogen-bond donors (Lipinski definition) is 1. The average molecular weight is 524 g/mol. The van der Waals surface area contributed by atoms with Crippen LogP contribution in [0.15, 0.2) is 35.7 Å². The minimum atomic E-state index is -0.875. The van der Waals surface area contributed by atoms with Gasteiger partial charge in [0.1, 0.15) is 5.82 Å². The van der Waals surface area contributed by atoms with Crippen molar-refractivity contribution in [2.45, 2.75) is 65.8 Å². The van der Waals surface area contributed by atoms with Crippen molar-refractivity contribution >= 4 is 40.0 Å². The molecule has 4 rings (SSSR count). The average Bonchev–Trinajstić information content (AvgIpc) is 3.45. The lowest BCUT2D eigenvalue weighted by atomic mass is 9.87. The van der Waals surface area contributed by atoms with Crippen LogP contribution in [0.1, 0.15) is 80.5 Å². The zero-order chi connectivity index (χ0) is 26.7. The van der Waals surface area contributed by atoms with Crippen LogP contribution < -0.4 is 0 Å². The Morgan fingerprint density at radius 3 is 2.46 bits per heavy atom. The third kappa shape index (κ3) is 5.95. The molecule has 0 spiro atoms. The second-order valence-corrected chi connectivity index (χ2v) is 11.6. The van der Waals surface area contributed by atoms with Crippen molar-refractivity contribution < 1.29 is 19.5 Å². The molecule has 1 fully saturated rings. The Morgan fingerprint density at radius 1 is 1.14 bits per heavy atom. The van der Waals surface area contributed by atoms with Crippen molar-refractivity contribution in [3.05, 3.63) is 52.0 Å². The number of thiophene rings is 1. The van der Waals surface area contributed by atoms with E-state index in [1.54, 1.807) is 16.2 Å². The maximum Gasteiger partial charge on any atom is 0.310 e. The lowest BCUT2D eigenvalue weighted by molar-refractivity contribution is -0.154. The summed E-state index contributed by atoms with van der Waals surface area (Å²) in [5.74, 6) is -0.763. The fourth-order valence-corrected chi connectivity index (χ4v) is 6.03. The Kier molecular flexibility index (Phi) is 8.47. The van der Waals surface area contributed by atoms with E-state index in [1.807, 2.05) is 32.0 Å². The quantitative estimate of drug-likeness (QED) is 0.302. The van der Waals surface area contributed by atoms with Crippen molar-refractivity contribution in [2.24, 2.45) is 17.8 Å². The molecule has 3 aromatic rings. The van der Waals surface area contributed by atoms with Crippen LogP contribution in [-0.4, -0.2) is 50.3 Å². The number of benzene rings is 1. The number of amides is 1. The van der Waals surface area contributed by atoms with Crippen LogP contribution >= 0.6 is 11.3 Å². The number of carbonyl (C=O) groups is 3. The number of Topliss-reactive ketones (excluding diaryl/α,β-unsaturated/α-hetero) is 1. The molecule has 1 aliphatic heterocycles. The van der Waals surface area contributed by atoms with Gasteiger partial charge in [-0.2, -0.15) is 0 Å². The van der Waals surface area contributed by atoms with Gasteiger partial charge in [0, 0.05) is 48.3 Å². The number of ketones is 1. The fraction of sp³-hybridized carbons (Fsp3) is 0.517. The summed E-state index contributed by atoms with van der Waals surface area (Å²) in [5.41, 5.74) is 2.41. The number of aliphatic carboxylic acids is 1. The Balaban J connectivity index is 1.58. The molecular formula is C29H37N3O4S. The molecule has 37 heavy (non-hydrogen) atoms. The van der Waals surface area contributed by atoms with Crippen LogP contribution in [0.3, 0.4) is 0 Å². The van der Waals surface area contributed by atoms with E-state index in [-0.39, 0.29) is 37.1 Å². The molecule has 1 saturated heterocycles. The van der Waals surface area contributed by atoms with Crippen molar-refractivity contribution in [1.29, 1.82) is 0 Å². The monoisotopic (exact) mass is 523 g/mol. The number of rotatable bonds is 12. The predicted octanol–water partition coefficient (Wildman–Crippen LogP) is 5.83. The second-order valence-electron chi connectivity index (χ2n) is 10.6. The minimum absolute atomic E-state index is 0.0758. The number of carboxylic acid groups (broad SMARTS) is 1. The van der Waals surface area contributed by atoms with Gasteiger partial charge >= 0.3 is 5.97 Å². The molecule has 1 N–H and O–H groups in total. The lowest BCUT2D eigenvalue weighted by Gasteiger charge is -2.39. The maximum atomic E-state index is 13.4. The molecule has 0 radical (unpaired) electrons. The summed E-state index contributed by atoms with van der Waals surface area (Å²) >= 11 is 1.72. The number of imidazole rings is 1. The fourth-order valence-electron chi connectivity index (χ4n) is 5.33. The van der Waals surface area contributed by atoms with E-state index in [9.17, 15) is 14.4 Å². The van der Waals surface area contributed by atoms with Gasteiger partial charge in [0.05, 0.1) is 17.0 Å². The number of fused-ring (bicyclic) bond motifs is 1. The smallest absolute Gasteiger partial charge is 0.310 e. The van der Waals surface area contributed by atoms with Gasteiger partial charge in [0.15, 0.2) is 5.78 Å². The van der Waals surface area contributed by atoms with Gasteiger partial charge in [0.25, 0.3) is 0 Å². The standard InChI is InChI=1S/C29H37N3O4S/c1-5-22(6-2)32-25-10-9-19(13-24(25)30-27(32)15-23-8-7-11-37-23)26(33)14-20(12-18(3)4)28(34)31-16-21(17-31)29(35)36/h7-11,13,18,20-22H,5-6,12,14-17H2,1-4H3,(H,35,36)/t20-/m1/s1. The number of aromatic nitrogens is 2. The van der Waals surface area contributed by atoms with Gasteiger partial charge in [-0.25, -0.2) is 4.98 Å². The van der Waals surface area contributed by atoms with Crippen molar-refractivity contribution in [1.82, 2.24) is 14.5 Å². The highest BCUT2D eigenvalue weighted by molar-refractivity contribution is 7.09. The van der Waals surface area contributed by atoms with Gasteiger partial charge < -0.3 is 14.6 Å². The van der Waals surface area contributed by atoms with Crippen LogP contribution in [0.5, 0.6) is 0 Å². The summed E-state index contributed by atoms with van der Waals surface area (Å²) in [5, 5.41) is 11.2. The minimum Gasteiger partial charge on any atom is -0.481 e. The largest absolute Gasteiger partial charge is 0.481 e. The van der Waals surface area contributed by atoms with Crippen molar-refractivity contribution in [3.63, 3.8) is 0 Å². The molecule has 0 unspecified atom stereocenters. The summed E-state index contributed by atoms with van der Waals surface area (Å²) < 4.78 is 2.33. The van der Waals surface area contributed by atoms with E-state index in [0.29, 0.717) is 18.0 Å². The predicted molar refractivity (Wildman–Crippen MR) is 146 cm³/mol. The van der Waals surface area contributed by atoms with Crippen LogP contribution in [-0.2, 0) is 16.0 Å². The van der Waals surface area contributed by atoms with Crippen molar-refractivity contribution in [2.75, 3.05) is 13.1 Å². The van der Waals surface area contributed by atoms with Gasteiger partial charge in [-0.3, -0.25) is 14.4 Å². The summed E-state index contributed by atoms with van der Waals surface area (Å²) in [6, 6.07) is 10.2. The zero-order valence-electron chi connectivity index (χ0n) is 22.1.